The van der Waals surface area contributed by atoms with Gasteiger partial charge < -0.3 is 9.84 Å². The maximum absolute atomic E-state index is 11.9. The third-order valence-electron chi connectivity index (χ3n) is 5.73. The maximum atomic E-state index is 11.9. The summed E-state index contributed by atoms with van der Waals surface area (Å²) in [6, 6.07) is 22.0. The Morgan fingerprint density at radius 2 is 1.44 bits per heavy atom. The van der Waals surface area contributed by atoms with E-state index in [1.54, 1.807) is 18.2 Å². The van der Waals surface area contributed by atoms with Crippen LogP contribution in [0.5, 0.6) is 0 Å². The molecule has 0 unspecified atom stereocenters. The highest BCUT2D eigenvalue weighted by molar-refractivity contribution is 7.85. The summed E-state index contributed by atoms with van der Waals surface area (Å²) in [6.45, 7) is 0.367. The molecule has 0 atom stereocenters. The molecule has 4 aromatic rings. The van der Waals surface area contributed by atoms with Gasteiger partial charge in [0.05, 0.1) is 31.1 Å². The van der Waals surface area contributed by atoms with Crippen molar-refractivity contribution < 1.29 is 32.0 Å². The molecule has 0 heterocycles. The van der Waals surface area contributed by atoms with Crippen molar-refractivity contribution in [2.75, 3.05) is 26.5 Å². The number of carbonyl (C=O) groups excluding carboxylic acids is 1. The molecule has 202 valence electrons. The van der Waals surface area contributed by atoms with E-state index in [4.69, 9.17) is 14.5 Å². The molecule has 1 N–H and O–H groups in total. The molecule has 0 saturated carbocycles. The van der Waals surface area contributed by atoms with Gasteiger partial charge in [-0.2, -0.15) is 8.42 Å². The second kappa shape index (κ2) is 13.4. The molecular formula is C28H27N3O7S. The van der Waals surface area contributed by atoms with E-state index in [0.717, 1.165) is 38.9 Å². The van der Waals surface area contributed by atoms with Gasteiger partial charge in [0.2, 0.25) is 0 Å². The molecule has 0 spiro atoms. The summed E-state index contributed by atoms with van der Waals surface area (Å²) >= 11 is 0. The van der Waals surface area contributed by atoms with Crippen LogP contribution in [-0.4, -0.2) is 52.0 Å². The fourth-order valence-corrected chi connectivity index (χ4v) is 4.41. The van der Waals surface area contributed by atoms with E-state index >= 15 is 0 Å². The zero-order valence-electron chi connectivity index (χ0n) is 21.4. The van der Waals surface area contributed by atoms with Crippen molar-refractivity contribution in [1.29, 1.82) is 0 Å². The van der Waals surface area contributed by atoms with Gasteiger partial charge in [-0.05, 0) is 63.2 Å². The number of methoxy groups -OCH3 is 1. The van der Waals surface area contributed by atoms with Gasteiger partial charge in [-0.15, -0.1) is 0 Å². The molecule has 0 bridgehead atoms. The van der Waals surface area contributed by atoms with E-state index < -0.39 is 22.1 Å². The summed E-state index contributed by atoms with van der Waals surface area (Å²) < 4.78 is 31.4. The van der Waals surface area contributed by atoms with Gasteiger partial charge in [-0.3, -0.25) is 4.18 Å². The number of aromatic carboxylic acids is 1. The van der Waals surface area contributed by atoms with Crippen LogP contribution in [-0.2, 0) is 31.9 Å². The van der Waals surface area contributed by atoms with Crippen LogP contribution in [0.15, 0.2) is 77.9 Å². The Balaban J connectivity index is 0.000000218. The predicted octanol–water partition coefficient (Wildman–Crippen LogP) is 5.54. The first-order valence-electron chi connectivity index (χ1n) is 11.8. The molecule has 0 aliphatic heterocycles. The fourth-order valence-electron chi connectivity index (χ4n) is 4.02. The first kappa shape index (κ1) is 29.1. The Labute approximate surface area is 225 Å². The number of nitrogens with zero attached hydrogens (tertiary/aromatic N) is 3. The Morgan fingerprint density at radius 3 is 1.97 bits per heavy atom. The van der Waals surface area contributed by atoms with Gasteiger partial charge in [0.1, 0.15) is 0 Å². The molecule has 0 amide bonds. The molecule has 4 rings (SSSR count). The number of hydrogen-bond donors (Lipinski definition) is 1. The number of fused-ring (bicyclic) bond motifs is 2. The molecule has 0 saturated heterocycles. The normalized spacial score (nSPS) is 10.8. The minimum absolute atomic E-state index is 0.0395. The standard InChI is InChI=1S/C15H16O5S.C13H11N3O2/c1-19-15(16)14-10-11(7-8-20-21(2,17)18)9-12-5-3-4-6-13(12)14;14-16-15-6-5-9-7-10-3-1-2-4-11(10)12(8-9)13(17)18/h3-6,9-10H,7-8H2,1-2H3;1-4,7-8H,5-6H2,(H,17,18). The Hall–Kier alpha value is -4.44. The van der Waals surface area contributed by atoms with Crippen LogP contribution in [0.2, 0.25) is 0 Å². The van der Waals surface area contributed by atoms with Crippen molar-refractivity contribution in [3.8, 4) is 0 Å². The lowest BCUT2D eigenvalue weighted by Gasteiger charge is -2.09. The van der Waals surface area contributed by atoms with Gasteiger partial charge in [-0.25, -0.2) is 9.59 Å². The monoisotopic (exact) mass is 549 g/mol. The number of esters is 1. The molecule has 0 aliphatic carbocycles. The molecule has 0 radical (unpaired) electrons. The van der Waals surface area contributed by atoms with Crippen LogP contribution >= 0.6 is 0 Å². The van der Waals surface area contributed by atoms with E-state index in [0.29, 0.717) is 24.9 Å². The minimum Gasteiger partial charge on any atom is -0.478 e. The lowest BCUT2D eigenvalue weighted by molar-refractivity contribution is 0.0602. The van der Waals surface area contributed by atoms with E-state index in [2.05, 4.69) is 10.0 Å². The van der Waals surface area contributed by atoms with Crippen molar-refractivity contribution in [3.63, 3.8) is 0 Å². The number of azide groups is 1. The van der Waals surface area contributed by atoms with Crippen molar-refractivity contribution in [1.82, 2.24) is 0 Å². The number of ether oxygens (including phenoxy) is 1. The Morgan fingerprint density at radius 1 is 0.897 bits per heavy atom. The van der Waals surface area contributed by atoms with E-state index in [1.165, 1.54) is 7.11 Å². The molecular weight excluding hydrogens is 522 g/mol. The van der Waals surface area contributed by atoms with Gasteiger partial charge in [0.25, 0.3) is 10.1 Å². The number of rotatable bonds is 9. The Kier molecular flexibility index (Phi) is 9.99. The molecule has 4 aromatic carbocycles. The highest BCUT2D eigenvalue weighted by atomic mass is 32.2. The average molecular weight is 550 g/mol. The lowest BCUT2D eigenvalue weighted by atomic mass is 9.99. The highest BCUT2D eigenvalue weighted by Gasteiger charge is 2.13. The molecule has 10 nitrogen and oxygen atoms in total. The fraction of sp³-hybridized carbons (Fsp3) is 0.214. The molecule has 0 aliphatic rings. The molecule has 39 heavy (non-hydrogen) atoms. The second-order valence-electron chi connectivity index (χ2n) is 8.51. The minimum atomic E-state index is -3.46. The van der Waals surface area contributed by atoms with E-state index in [1.807, 2.05) is 54.6 Å². The highest BCUT2D eigenvalue weighted by Crippen LogP contribution is 2.23. The topological polar surface area (TPSA) is 156 Å². The first-order valence-corrected chi connectivity index (χ1v) is 13.6. The van der Waals surface area contributed by atoms with Gasteiger partial charge >= 0.3 is 11.9 Å². The summed E-state index contributed by atoms with van der Waals surface area (Å²) in [5.74, 6) is -1.37. The van der Waals surface area contributed by atoms with Crippen molar-refractivity contribution in [3.05, 3.63) is 105 Å². The Bertz CT molecular complexity index is 1660. The smallest absolute Gasteiger partial charge is 0.338 e. The maximum Gasteiger partial charge on any atom is 0.338 e. The van der Waals surface area contributed by atoms with Gasteiger partial charge in [0.15, 0.2) is 0 Å². The number of carboxylic acid groups (broad SMARTS) is 1. The van der Waals surface area contributed by atoms with Crippen LogP contribution in [0.3, 0.4) is 0 Å². The summed E-state index contributed by atoms with van der Waals surface area (Å²) in [4.78, 5) is 25.8. The number of benzene rings is 4. The number of carbonyl (C=O) groups is 2. The third-order valence-corrected chi connectivity index (χ3v) is 6.33. The average Bonchev–Trinajstić information content (AvgIpc) is 2.91. The van der Waals surface area contributed by atoms with Crippen molar-refractivity contribution >= 4 is 43.6 Å². The van der Waals surface area contributed by atoms with Crippen LogP contribution in [0.25, 0.3) is 32.0 Å². The van der Waals surface area contributed by atoms with Crippen LogP contribution in [0.4, 0.5) is 0 Å². The summed E-state index contributed by atoms with van der Waals surface area (Å²) in [7, 11) is -2.13. The lowest BCUT2D eigenvalue weighted by Crippen LogP contribution is -2.08. The van der Waals surface area contributed by atoms with Gasteiger partial charge in [-0.1, -0.05) is 65.8 Å². The molecule has 0 aromatic heterocycles. The zero-order valence-corrected chi connectivity index (χ0v) is 22.2. The second-order valence-corrected chi connectivity index (χ2v) is 10.2. The summed E-state index contributed by atoms with van der Waals surface area (Å²) in [5.41, 5.74) is 10.6. The third kappa shape index (κ3) is 8.27. The van der Waals surface area contributed by atoms with Crippen LogP contribution in [0.1, 0.15) is 31.8 Å². The predicted molar refractivity (Wildman–Crippen MR) is 148 cm³/mol. The zero-order chi connectivity index (χ0) is 28.4. The SMILES string of the molecule is COC(=O)c1cc(CCOS(C)(=O)=O)cc2ccccc12.[N-]=[N+]=NCCc1cc(C(=O)O)c2ccccc2c1. The number of carboxylic acids is 1. The van der Waals surface area contributed by atoms with Gasteiger partial charge in [0, 0.05) is 11.5 Å². The first-order chi connectivity index (χ1) is 18.6. The van der Waals surface area contributed by atoms with Crippen molar-refractivity contribution in [2.24, 2.45) is 5.11 Å². The molecule has 11 heteroatoms. The van der Waals surface area contributed by atoms with Crippen LogP contribution in [0, 0.1) is 0 Å². The number of hydrogen-bond acceptors (Lipinski definition) is 7. The largest absolute Gasteiger partial charge is 0.478 e. The quantitative estimate of drug-likeness (QED) is 0.0945. The summed E-state index contributed by atoms with van der Waals surface area (Å²) in [5, 5.41) is 16.0. The molecule has 0 fully saturated rings. The summed E-state index contributed by atoms with van der Waals surface area (Å²) in [6.07, 6.45) is 1.93. The van der Waals surface area contributed by atoms with Crippen molar-refractivity contribution in [2.45, 2.75) is 12.8 Å². The van der Waals surface area contributed by atoms with Crippen LogP contribution < -0.4 is 0 Å². The van der Waals surface area contributed by atoms with E-state index in [9.17, 15) is 23.1 Å². The van der Waals surface area contributed by atoms with E-state index in [-0.39, 0.29) is 12.2 Å².